The van der Waals surface area contributed by atoms with Crippen molar-refractivity contribution < 1.29 is 13.2 Å². The molecule has 1 aromatic carbocycles. The Kier molecular flexibility index (Phi) is 5.28. The molecule has 1 aromatic rings. The van der Waals surface area contributed by atoms with Crippen LogP contribution < -0.4 is 0 Å². The Labute approximate surface area is 146 Å². The molecule has 2 heterocycles. The molecule has 0 radical (unpaired) electrons. The van der Waals surface area contributed by atoms with Crippen LogP contribution in [0.4, 0.5) is 0 Å². The fraction of sp³-hybridized carbons (Fsp3) is 0.562. The maximum atomic E-state index is 12.7. The number of carbonyl (C=O) groups is 1. The van der Waals surface area contributed by atoms with E-state index in [0.717, 1.165) is 0 Å². The fourth-order valence-electron chi connectivity index (χ4n) is 3.09. The lowest BCUT2D eigenvalue weighted by Gasteiger charge is -2.27. The molecule has 0 aromatic heterocycles. The van der Waals surface area contributed by atoms with Gasteiger partial charge in [-0.25, -0.2) is 8.42 Å². The highest BCUT2D eigenvalue weighted by molar-refractivity contribution is 8.19. The highest BCUT2D eigenvalue weighted by Gasteiger charge is 2.34. The van der Waals surface area contributed by atoms with Gasteiger partial charge in [0.1, 0.15) is 0 Å². The number of sulfone groups is 1. The van der Waals surface area contributed by atoms with Crippen LogP contribution in [0.1, 0.15) is 33.8 Å². The molecule has 2 fully saturated rings. The van der Waals surface area contributed by atoms with Crippen LogP contribution >= 0.6 is 23.5 Å². The maximum Gasteiger partial charge on any atom is 0.254 e. The molecule has 0 saturated carbocycles. The third-order valence-electron chi connectivity index (χ3n) is 4.30. The van der Waals surface area contributed by atoms with E-state index in [4.69, 9.17) is 0 Å². The quantitative estimate of drug-likeness (QED) is 0.815. The number of amides is 1. The summed E-state index contributed by atoms with van der Waals surface area (Å²) in [6.07, 6.45) is 0.551. The number of hydrogen-bond acceptors (Lipinski definition) is 5. The summed E-state index contributed by atoms with van der Waals surface area (Å²) in [7, 11) is -2.98. The predicted octanol–water partition coefficient (Wildman–Crippen LogP) is 2.81. The van der Waals surface area contributed by atoms with E-state index in [2.05, 4.69) is 0 Å². The van der Waals surface area contributed by atoms with Crippen molar-refractivity contribution in [3.05, 3.63) is 35.4 Å². The second-order valence-corrected chi connectivity index (χ2v) is 10.8. The average Bonchev–Trinajstić information content (AvgIpc) is 3.18. The van der Waals surface area contributed by atoms with Crippen LogP contribution in [-0.2, 0) is 9.84 Å². The number of nitrogens with zero attached hydrogens (tertiary/aromatic N) is 1. The van der Waals surface area contributed by atoms with Crippen molar-refractivity contribution in [2.24, 2.45) is 0 Å². The fourth-order valence-corrected chi connectivity index (χ4v) is 7.68. The van der Waals surface area contributed by atoms with Crippen molar-refractivity contribution >= 4 is 39.3 Å². The minimum absolute atomic E-state index is 0.0621. The van der Waals surface area contributed by atoms with Gasteiger partial charge in [-0.3, -0.25) is 4.79 Å². The summed E-state index contributed by atoms with van der Waals surface area (Å²) >= 11 is 3.88. The Morgan fingerprint density at radius 3 is 2.39 bits per heavy atom. The zero-order valence-corrected chi connectivity index (χ0v) is 15.6. The third-order valence-corrected chi connectivity index (χ3v) is 9.16. The van der Waals surface area contributed by atoms with Crippen LogP contribution in [0.2, 0.25) is 0 Å². The molecule has 1 atom stereocenters. The van der Waals surface area contributed by atoms with E-state index in [9.17, 15) is 13.2 Å². The number of benzene rings is 1. The standard InChI is InChI=1S/C16H21NO3S3/c1-2-17(14-7-10-23(19,20)11-14)15(18)12-3-5-13(6-4-12)16-21-8-9-22-16/h3-6,14,16H,2,7-11H2,1H3/t14-/m0/s1. The summed E-state index contributed by atoms with van der Waals surface area (Å²) in [6, 6.07) is 7.63. The van der Waals surface area contributed by atoms with E-state index in [1.807, 2.05) is 54.7 Å². The van der Waals surface area contributed by atoms with Gasteiger partial charge in [-0.05, 0) is 31.0 Å². The summed E-state index contributed by atoms with van der Waals surface area (Å²) in [5.74, 6) is 2.58. The topological polar surface area (TPSA) is 54.5 Å². The molecule has 4 nitrogen and oxygen atoms in total. The monoisotopic (exact) mass is 371 g/mol. The van der Waals surface area contributed by atoms with E-state index in [1.165, 1.54) is 17.1 Å². The zero-order chi connectivity index (χ0) is 16.4. The van der Waals surface area contributed by atoms with Crippen molar-refractivity contribution in [1.29, 1.82) is 0 Å². The van der Waals surface area contributed by atoms with E-state index in [-0.39, 0.29) is 23.5 Å². The first-order valence-electron chi connectivity index (χ1n) is 7.85. The van der Waals surface area contributed by atoms with E-state index in [1.54, 1.807) is 4.90 Å². The van der Waals surface area contributed by atoms with Gasteiger partial charge in [0.05, 0.1) is 16.1 Å². The molecule has 2 aliphatic rings. The van der Waals surface area contributed by atoms with Crippen molar-refractivity contribution in [2.45, 2.75) is 24.0 Å². The highest BCUT2D eigenvalue weighted by atomic mass is 32.2. The van der Waals surface area contributed by atoms with Crippen molar-refractivity contribution in [2.75, 3.05) is 29.6 Å². The number of rotatable bonds is 4. The second-order valence-electron chi connectivity index (χ2n) is 5.84. The minimum Gasteiger partial charge on any atom is -0.335 e. The second kappa shape index (κ2) is 7.07. The Balaban J connectivity index is 1.73. The van der Waals surface area contributed by atoms with Crippen LogP contribution in [0, 0.1) is 0 Å². The number of carbonyl (C=O) groups excluding carboxylic acids is 1. The molecule has 2 saturated heterocycles. The highest BCUT2D eigenvalue weighted by Crippen LogP contribution is 2.45. The largest absolute Gasteiger partial charge is 0.335 e. The molecule has 0 unspecified atom stereocenters. The molecule has 2 aliphatic heterocycles. The third kappa shape index (κ3) is 3.88. The van der Waals surface area contributed by atoms with E-state index in [0.29, 0.717) is 23.1 Å². The van der Waals surface area contributed by atoms with Gasteiger partial charge in [0.25, 0.3) is 5.91 Å². The maximum absolute atomic E-state index is 12.7. The van der Waals surface area contributed by atoms with Crippen LogP contribution in [0.5, 0.6) is 0 Å². The Hall–Kier alpha value is -0.660. The van der Waals surface area contributed by atoms with Gasteiger partial charge in [0, 0.05) is 29.7 Å². The summed E-state index contributed by atoms with van der Waals surface area (Å²) in [4.78, 5) is 14.4. The first-order chi connectivity index (χ1) is 11.0. The summed E-state index contributed by atoms with van der Waals surface area (Å²) in [5.41, 5.74) is 1.90. The van der Waals surface area contributed by atoms with Crippen molar-refractivity contribution in [3.63, 3.8) is 0 Å². The minimum atomic E-state index is -2.98. The Morgan fingerprint density at radius 2 is 1.87 bits per heavy atom. The van der Waals surface area contributed by atoms with Gasteiger partial charge in [-0.1, -0.05) is 12.1 Å². The number of thioether (sulfide) groups is 2. The van der Waals surface area contributed by atoms with Gasteiger partial charge in [-0.2, -0.15) is 0 Å². The molecule has 1 amide bonds. The van der Waals surface area contributed by atoms with Gasteiger partial charge in [0.15, 0.2) is 9.84 Å². The SMILES string of the molecule is CCN(C(=O)c1ccc(C2SCCS2)cc1)[C@H]1CCS(=O)(=O)C1. The number of hydrogen-bond donors (Lipinski definition) is 0. The molecular weight excluding hydrogens is 350 g/mol. The molecule has 0 aliphatic carbocycles. The van der Waals surface area contributed by atoms with Gasteiger partial charge >= 0.3 is 0 Å². The molecule has 23 heavy (non-hydrogen) atoms. The molecule has 7 heteroatoms. The summed E-state index contributed by atoms with van der Waals surface area (Å²) < 4.78 is 23.8. The first-order valence-corrected chi connectivity index (χ1v) is 11.8. The lowest BCUT2D eigenvalue weighted by Crippen LogP contribution is -2.40. The molecule has 0 bridgehead atoms. The summed E-state index contributed by atoms with van der Waals surface area (Å²) in [6.45, 7) is 2.44. The lowest BCUT2D eigenvalue weighted by molar-refractivity contribution is 0.0708. The van der Waals surface area contributed by atoms with Gasteiger partial charge in [-0.15, -0.1) is 23.5 Å². The van der Waals surface area contributed by atoms with E-state index >= 15 is 0 Å². The molecule has 3 rings (SSSR count). The van der Waals surface area contributed by atoms with Gasteiger partial charge in [0.2, 0.25) is 0 Å². The normalized spacial score (nSPS) is 24.0. The van der Waals surface area contributed by atoms with Crippen LogP contribution in [0.25, 0.3) is 0 Å². The molecule has 0 N–H and O–H groups in total. The zero-order valence-electron chi connectivity index (χ0n) is 13.1. The average molecular weight is 372 g/mol. The van der Waals surface area contributed by atoms with E-state index < -0.39 is 9.84 Å². The summed E-state index contributed by atoms with van der Waals surface area (Å²) in [5, 5.41) is 0. The lowest BCUT2D eigenvalue weighted by atomic mass is 10.1. The predicted molar refractivity (Wildman–Crippen MR) is 97.9 cm³/mol. The van der Waals surface area contributed by atoms with Gasteiger partial charge < -0.3 is 4.90 Å². The van der Waals surface area contributed by atoms with Crippen LogP contribution in [0.3, 0.4) is 0 Å². The molecular formula is C16H21NO3S3. The smallest absolute Gasteiger partial charge is 0.254 e. The Morgan fingerprint density at radius 1 is 1.22 bits per heavy atom. The molecule has 126 valence electrons. The molecule has 0 spiro atoms. The van der Waals surface area contributed by atoms with Crippen molar-refractivity contribution in [1.82, 2.24) is 4.90 Å². The van der Waals surface area contributed by atoms with Crippen LogP contribution in [0.15, 0.2) is 24.3 Å². The van der Waals surface area contributed by atoms with Crippen molar-refractivity contribution in [3.8, 4) is 0 Å². The first kappa shape index (κ1) is 17.2. The van der Waals surface area contributed by atoms with Crippen LogP contribution in [-0.4, -0.2) is 54.8 Å². The Bertz CT molecular complexity index is 666.